The Morgan fingerprint density at radius 3 is 2.64 bits per heavy atom. The molecule has 1 amide bonds. The first-order valence-corrected chi connectivity index (χ1v) is 11.8. The highest BCUT2D eigenvalue weighted by molar-refractivity contribution is 6.35. The van der Waals surface area contributed by atoms with Gasteiger partial charge in [-0.3, -0.25) is 4.79 Å². The van der Waals surface area contributed by atoms with Crippen LogP contribution in [0, 0.1) is 0 Å². The van der Waals surface area contributed by atoms with Gasteiger partial charge in [-0.2, -0.15) is 0 Å². The summed E-state index contributed by atoms with van der Waals surface area (Å²) in [4.78, 5) is 16.6. The quantitative estimate of drug-likeness (QED) is 0.448. The number of imidazole rings is 1. The second kappa shape index (κ2) is 10.7. The van der Waals surface area contributed by atoms with E-state index in [1.54, 1.807) is 41.5 Å². The smallest absolute Gasteiger partial charge is 0.219 e. The van der Waals surface area contributed by atoms with E-state index in [9.17, 15) is 4.79 Å². The minimum absolute atomic E-state index is 0.0261. The summed E-state index contributed by atoms with van der Waals surface area (Å²) in [5.41, 5.74) is 0.401. The number of aromatic nitrogens is 2. The van der Waals surface area contributed by atoms with Crippen molar-refractivity contribution in [3.05, 3.63) is 76.8 Å². The van der Waals surface area contributed by atoms with Gasteiger partial charge >= 0.3 is 0 Å². The van der Waals surface area contributed by atoms with E-state index in [2.05, 4.69) is 4.98 Å². The summed E-state index contributed by atoms with van der Waals surface area (Å²) in [6, 6.07) is 10.4. The molecule has 2 fully saturated rings. The van der Waals surface area contributed by atoms with Crippen LogP contribution in [0.4, 0.5) is 5.69 Å². The largest absolute Gasteiger partial charge is 0.491 e. The van der Waals surface area contributed by atoms with Crippen LogP contribution >= 0.6 is 23.2 Å². The Balaban J connectivity index is 1.34. The Labute approximate surface area is 231 Å². The molecule has 5 rings (SSSR count). The molecule has 8 nitrogen and oxygen atoms in total. The molecule has 2 atom stereocenters. The molecule has 36 heavy (non-hydrogen) atoms. The molecule has 0 saturated carbocycles. The number of piperazine rings is 1. The first kappa shape index (κ1) is 16.9. The molecule has 0 unspecified atom stereocenters. The molecule has 10 heteroatoms. The van der Waals surface area contributed by atoms with E-state index in [-0.39, 0.29) is 30.3 Å². The SMILES string of the molecule is [2H]C1([2H])N(C(C)=O)C([2H])([2H])C([2H])([2H])N(c2ccc(OC[C@H]3CO[C@](Cn4ccnc4)(c4ccc(Cl)cc4Cl)O3)cc2)C1([2H])[2H]. The van der Waals surface area contributed by atoms with Gasteiger partial charge in [0.1, 0.15) is 18.5 Å². The Morgan fingerprint density at radius 2 is 1.97 bits per heavy atom. The van der Waals surface area contributed by atoms with Crippen LogP contribution in [-0.4, -0.2) is 65.7 Å². The molecule has 1 aromatic heterocycles. The topological polar surface area (TPSA) is 69.1 Å². The van der Waals surface area contributed by atoms with Gasteiger partial charge in [-0.25, -0.2) is 4.98 Å². The highest BCUT2D eigenvalue weighted by atomic mass is 35.5. The van der Waals surface area contributed by atoms with Crippen molar-refractivity contribution in [2.75, 3.05) is 44.1 Å². The van der Waals surface area contributed by atoms with E-state index in [4.69, 9.17) is 48.4 Å². The fraction of sp³-hybridized carbons (Fsp3) is 0.385. The van der Waals surface area contributed by atoms with Gasteiger partial charge in [0, 0.05) is 61.6 Å². The molecule has 2 saturated heterocycles. The average Bonchev–Trinajstić information content (AvgIpc) is 3.57. The Kier molecular flexibility index (Phi) is 5.00. The number of hydrogen-bond donors (Lipinski definition) is 0. The zero-order valence-electron chi connectivity index (χ0n) is 27.1. The monoisotopic (exact) mass is 538 g/mol. The van der Waals surface area contributed by atoms with Crippen molar-refractivity contribution in [3.63, 3.8) is 0 Å². The number of carbonyl (C=O) groups excluding carboxylic acids is 1. The van der Waals surface area contributed by atoms with E-state index < -0.39 is 43.8 Å². The normalized spacial score (nSPS) is 31.0. The molecule has 0 N–H and O–H groups in total. The fourth-order valence-electron chi connectivity index (χ4n) is 3.80. The lowest BCUT2D eigenvalue weighted by atomic mass is 10.1. The second-order valence-corrected chi connectivity index (χ2v) is 8.95. The molecule has 0 bridgehead atoms. The van der Waals surface area contributed by atoms with E-state index >= 15 is 0 Å². The van der Waals surface area contributed by atoms with Crippen LogP contribution in [0.3, 0.4) is 0 Å². The molecule has 0 aliphatic carbocycles. The number of benzene rings is 2. The fourth-order valence-corrected chi connectivity index (χ4v) is 4.35. The van der Waals surface area contributed by atoms with E-state index in [0.29, 0.717) is 26.3 Å². The molecule has 3 heterocycles. The number of carbonyl (C=O) groups is 1. The number of nitrogens with zero attached hydrogens (tertiary/aromatic N) is 4. The maximum absolute atomic E-state index is 12.1. The van der Waals surface area contributed by atoms with Crippen LogP contribution in [0.1, 0.15) is 23.5 Å². The third kappa shape index (κ3) is 5.47. The first-order valence-electron chi connectivity index (χ1n) is 15.0. The molecular weight excluding hydrogens is 503 g/mol. The highest BCUT2D eigenvalue weighted by Crippen LogP contribution is 2.40. The van der Waals surface area contributed by atoms with Gasteiger partial charge in [-0.1, -0.05) is 29.3 Å². The van der Waals surface area contributed by atoms with Gasteiger partial charge in [-0.05, 0) is 36.4 Å². The molecule has 2 aliphatic rings. The summed E-state index contributed by atoms with van der Waals surface area (Å²) in [7, 11) is 0. The van der Waals surface area contributed by atoms with Gasteiger partial charge in [0.2, 0.25) is 11.7 Å². The third-order valence-corrected chi connectivity index (χ3v) is 6.09. The Bertz CT molecular complexity index is 1500. The first-order chi connectivity index (χ1) is 20.4. The van der Waals surface area contributed by atoms with Crippen LogP contribution in [0.15, 0.2) is 61.2 Å². The van der Waals surface area contributed by atoms with E-state index in [1.165, 1.54) is 24.3 Å². The van der Waals surface area contributed by atoms with Crippen molar-refractivity contribution in [2.45, 2.75) is 25.4 Å². The Hall–Kier alpha value is -2.78. The van der Waals surface area contributed by atoms with Gasteiger partial charge < -0.3 is 28.6 Å². The zero-order valence-corrected chi connectivity index (χ0v) is 20.7. The number of hydrogen-bond acceptors (Lipinski definition) is 6. The lowest BCUT2D eigenvalue weighted by Crippen LogP contribution is -2.48. The van der Waals surface area contributed by atoms with Crippen LogP contribution < -0.4 is 9.64 Å². The number of anilines is 1. The van der Waals surface area contributed by atoms with Gasteiger partial charge in [0.25, 0.3) is 0 Å². The molecule has 190 valence electrons. The number of amides is 1. The molecule has 2 aromatic carbocycles. The van der Waals surface area contributed by atoms with Crippen LogP contribution in [0.25, 0.3) is 0 Å². The maximum atomic E-state index is 12.1. The van der Waals surface area contributed by atoms with Crippen LogP contribution in [0.2, 0.25) is 10.0 Å². The zero-order chi connectivity index (χ0) is 32.3. The van der Waals surface area contributed by atoms with Crippen LogP contribution in [0.5, 0.6) is 5.75 Å². The minimum Gasteiger partial charge on any atom is -0.491 e. The summed E-state index contributed by atoms with van der Waals surface area (Å²) < 4.78 is 87.2. The Morgan fingerprint density at radius 1 is 1.19 bits per heavy atom. The van der Waals surface area contributed by atoms with Gasteiger partial charge in [0.05, 0.1) is 35.5 Å². The van der Waals surface area contributed by atoms with Gasteiger partial charge in [0.15, 0.2) is 0 Å². The van der Waals surface area contributed by atoms with Crippen molar-refractivity contribution >= 4 is 34.8 Å². The summed E-state index contributed by atoms with van der Waals surface area (Å²) in [6.07, 6.45) is 4.45. The summed E-state index contributed by atoms with van der Waals surface area (Å²) in [6.45, 7) is -11.5. The minimum atomic E-state index is -3.22. The maximum Gasteiger partial charge on any atom is 0.219 e. The van der Waals surface area contributed by atoms with E-state index in [0.717, 1.165) is 6.92 Å². The summed E-state index contributed by atoms with van der Waals surface area (Å²) in [5.74, 6) is -2.12. The van der Waals surface area contributed by atoms with Crippen LogP contribution in [-0.2, 0) is 26.6 Å². The number of halogens is 2. The molecule has 0 radical (unpaired) electrons. The molecular formula is C26H28Cl2N4O4. The van der Waals surface area contributed by atoms with Crippen molar-refractivity contribution in [1.82, 2.24) is 14.5 Å². The summed E-state index contributed by atoms with van der Waals surface area (Å²) >= 11 is 12.6. The molecule has 0 spiro atoms. The number of ether oxygens (including phenoxy) is 3. The molecule has 2 aliphatic heterocycles. The van der Waals surface area contributed by atoms with E-state index in [1.807, 2.05) is 0 Å². The molecule has 3 aromatic rings. The summed E-state index contributed by atoms with van der Waals surface area (Å²) in [5, 5.41) is 0.805. The third-order valence-electron chi connectivity index (χ3n) is 5.54. The highest BCUT2D eigenvalue weighted by Gasteiger charge is 2.45. The van der Waals surface area contributed by atoms with Crippen molar-refractivity contribution in [3.8, 4) is 5.75 Å². The lowest BCUT2D eigenvalue weighted by Gasteiger charge is -2.35. The number of rotatable bonds is 7. The average molecular weight is 539 g/mol. The predicted molar refractivity (Wildman–Crippen MR) is 138 cm³/mol. The predicted octanol–water partition coefficient (Wildman–Crippen LogP) is 4.21. The second-order valence-electron chi connectivity index (χ2n) is 8.10. The van der Waals surface area contributed by atoms with Crippen molar-refractivity contribution < 1.29 is 30.0 Å². The standard InChI is InChI=1S/C26H28Cl2N4O4/c1-19(33)31-10-12-32(13-11-31)21-3-5-22(6-4-21)34-15-23-16-35-26(36-23,17-30-9-8-29-18-30)24-7-2-20(27)14-25(24)28/h2-9,14,18,23H,10-13,15-17H2,1H3/t23-,26-/m0/s1/i10D2,11D2,12D2,13D2. The lowest BCUT2D eigenvalue weighted by molar-refractivity contribution is -0.189. The van der Waals surface area contributed by atoms with Crippen molar-refractivity contribution in [1.29, 1.82) is 0 Å². The van der Waals surface area contributed by atoms with Crippen molar-refractivity contribution in [2.24, 2.45) is 0 Å². The van der Waals surface area contributed by atoms with Gasteiger partial charge in [-0.15, -0.1) is 0 Å².